The molecule has 1 saturated heterocycles. The molecule has 1 heterocycles. The summed E-state index contributed by atoms with van der Waals surface area (Å²) in [5, 5.41) is 7.66. The Balaban J connectivity index is 1.95. The van der Waals surface area contributed by atoms with Crippen molar-refractivity contribution in [3.8, 4) is 0 Å². The van der Waals surface area contributed by atoms with E-state index in [0.717, 1.165) is 69.8 Å². The molecule has 2 rings (SSSR count). The Morgan fingerprint density at radius 2 is 2.03 bits per heavy atom. The van der Waals surface area contributed by atoms with Crippen LogP contribution in [0.4, 0.5) is 0 Å². The number of guanidine groups is 1. The third kappa shape index (κ3) is 8.51. The van der Waals surface area contributed by atoms with Crippen LogP contribution in [-0.2, 0) is 9.47 Å². The maximum Gasteiger partial charge on any atom is 0.191 e. The predicted octanol–water partition coefficient (Wildman–Crippen LogP) is 3.47. The van der Waals surface area contributed by atoms with Crippen molar-refractivity contribution in [2.45, 2.75) is 45.3 Å². The summed E-state index contributed by atoms with van der Waals surface area (Å²) in [5.41, 5.74) is 1.09. The van der Waals surface area contributed by atoms with Crippen molar-refractivity contribution in [3.05, 3.63) is 34.9 Å². The highest BCUT2D eigenvalue weighted by Gasteiger charge is 2.32. The molecular weight excluding hydrogens is 388 g/mol. The molecule has 2 N–H and O–H groups in total. The first-order chi connectivity index (χ1) is 13.9. The first kappa shape index (κ1) is 23.9. The van der Waals surface area contributed by atoms with Gasteiger partial charge in [0.05, 0.1) is 18.2 Å². The van der Waals surface area contributed by atoms with Gasteiger partial charge in [0.1, 0.15) is 0 Å². The molecule has 0 radical (unpaired) electrons. The van der Waals surface area contributed by atoms with Gasteiger partial charge in [-0.2, -0.15) is 0 Å². The molecule has 1 aliphatic heterocycles. The smallest absolute Gasteiger partial charge is 0.191 e. The van der Waals surface area contributed by atoms with Gasteiger partial charge in [0.25, 0.3) is 0 Å². The summed E-state index contributed by atoms with van der Waals surface area (Å²) in [7, 11) is 1.81. The van der Waals surface area contributed by atoms with E-state index in [4.69, 9.17) is 21.1 Å². The Labute approximate surface area is 181 Å². The molecule has 6 nitrogen and oxygen atoms in total. The fraction of sp³-hybridized carbons (Fsp3) is 0.682. The highest BCUT2D eigenvalue weighted by atomic mass is 35.5. The number of hydrogen-bond donors (Lipinski definition) is 2. The standard InChI is InChI=1S/C22H37ClN4O2/c1-5-28-14-7-6-12-25-21(24-4)26-16-20(18-8-10-19(23)11-9-18)27-13-15-29-22(2,3)17-27/h8-11,20H,5-7,12-17H2,1-4H3,(H2,24,25,26). The molecule has 1 fully saturated rings. The average molecular weight is 425 g/mol. The first-order valence-electron chi connectivity index (χ1n) is 10.6. The molecule has 1 unspecified atom stereocenters. The van der Waals surface area contributed by atoms with Crippen molar-refractivity contribution in [3.63, 3.8) is 0 Å². The maximum atomic E-state index is 6.11. The van der Waals surface area contributed by atoms with E-state index < -0.39 is 0 Å². The van der Waals surface area contributed by atoms with Crippen molar-refractivity contribution in [1.29, 1.82) is 0 Å². The quantitative estimate of drug-likeness (QED) is 0.342. The number of aliphatic imine (C=N–C) groups is 1. The van der Waals surface area contributed by atoms with Crippen LogP contribution in [0.5, 0.6) is 0 Å². The van der Waals surface area contributed by atoms with Crippen LogP contribution in [0.15, 0.2) is 29.3 Å². The lowest BCUT2D eigenvalue weighted by atomic mass is 10.0. The highest BCUT2D eigenvalue weighted by Crippen LogP contribution is 2.27. The molecule has 29 heavy (non-hydrogen) atoms. The van der Waals surface area contributed by atoms with E-state index >= 15 is 0 Å². The molecule has 0 amide bonds. The summed E-state index contributed by atoms with van der Waals surface area (Å²) in [6.45, 7) is 12.1. The Morgan fingerprint density at radius 1 is 1.28 bits per heavy atom. The van der Waals surface area contributed by atoms with Crippen LogP contribution in [0.3, 0.4) is 0 Å². The molecular formula is C22H37ClN4O2. The van der Waals surface area contributed by atoms with E-state index in [2.05, 4.69) is 46.5 Å². The summed E-state index contributed by atoms with van der Waals surface area (Å²) >= 11 is 6.11. The van der Waals surface area contributed by atoms with Crippen molar-refractivity contribution in [1.82, 2.24) is 15.5 Å². The Kier molecular flexibility index (Phi) is 10.2. The van der Waals surface area contributed by atoms with Crippen molar-refractivity contribution in [2.24, 2.45) is 4.99 Å². The second-order valence-corrected chi connectivity index (χ2v) is 8.37. The van der Waals surface area contributed by atoms with Crippen LogP contribution < -0.4 is 10.6 Å². The van der Waals surface area contributed by atoms with Gasteiger partial charge in [0, 0.05) is 51.5 Å². The predicted molar refractivity (Wildman–Crippen MR) is 121 cm³/mol. The third-order valence-electron chi connectivity index (χ3n) is 5.05. The van der Waals surface area contributed by atoms with Gasteiger partial charge in [0.15, 0.2) is 5.96 Å². The maximum absolute atomic E-state index is 6.11. The Hall–Kier alpha value is -1.34. The summed E-state index contributed by atoms with van der Waals surface area (Å²) in [6, 6.07) is 8.36. The molecule has 0 saturated carbocycles. The van der Waals surface area contributed by atoms with Gasteiger partial charge in [-0.1, -0.05) is 23.7 Å². The van der Waals surface area contributed by atoms with Gasteiger partial charge in [0.2, 0.25) is 0 Å². The summed E-state index contributed by atoms with van der Waals surface area (Å²) in [4.78, 5) is 6.86. The zero-order valence-electron chi connectivity index (χ0n) is 18.3. The van der Waals surface area contributed by atoms with Crippen LogP contribution in [0.2, 0.25) is 5.02 Å². The number of ether oxygens (including phenoxy) is 2. The second kappa shape index (κ2) is 12.4. The lowest BCUT2D eigenvalue weighted by molar-refractivity contribution is -0.0971. The van der Waals surface area contributed by atoms with E-state index in [1.807, 2.05) is 26.1 Å². The first-order valence-corrected chi connectivity index (χ1v) is 11.0. The van der Waals surface area contributed by atoms with E-state index in [0.29, 0.717) is 0 Å². The van der Waals surface area contributed by atoms with Gasteiger partial charge < -0.3 is 20.1 Å². The van der Waals surface area contributed by atoms with Crippen molar-refractivity contribution < 1.29 is 9.47 Å². The average Bonchev–Trinajstić information content (AvgIpc) is 2.69. The van der Waals surface area contributed by atoms with Crippen LogP contribution in [0.1, 0.15) is 45.2 Å². The molecule has 0 spiro atoms. The summed E-state index contributed by atoms with van der Waals surface area (Å²) < 4.78 is 11.3. The molecule has 0 aromatic heterocycles. The zero-order chi connectivity index (χ0) is 21.1. The van der Waals surface area contributed by atoms with Gasteiger partial charge in [-0.3, -0.25) is 9.89 Å². The fourth-order valence-corrected chi connectivity index (χ4v) is 3.68. The number of rotatable bonds is 10. The molecule has 1 aromatic carbocycles. The summed E-state index contributed by atoms with van der Waals surface area (Å²) in [5.74, 6) is 0.827. The fourth-order valence-electron chi connectivity index (χ4n) is 3.56. The number of nitrogens with one attached hydrogen (secondary N) is 2. The van der Waals surface area contributed by atoms with Crippen molar-refractivity contribution in [2.75, 3.05) is 53.0 Å². The summed E-state index contributed by atoms with van der Waals surface area (Å²) in [6.07, 6.45) is 2.10. The SMILES string of the molecule is CCOCCCCNC(=NC)NCC(c1ccc(Cl)cc1)N1CCOC(C)(C)C1. The van der Waals surface area contributed by atoms with Crippen LogP contribution in [0.25, 0.3) is 0 Å². The molecule has 1 atom stereocenters. The lowest BCUT2D eigenvalue weighted by Crippen LogP contribution is -2.52. The minimum Gasteiger partial charge on any atom is -0.382 e. The van der Waals surface area contributed by atoms with Crippen molar-refractivity contribution >= 4 is 17.6 Å². The van der Waals surface area contributed by atoms with Gasteiger partial charge in [-0.15, -0.1) is 0 Å². The molecule has 164 valence electrons. The second-order valence-electron chi connectivity index (χ2n) is 7.93. The third-order valence-corrected chi connectivity index (χ3v) is 5.30. The van der Waals surface area contributed by atoms with E-state index in [1.54, 1.807) is 0 Å². The highest BCUT2D eigenvalue weighted by molar-refractivity contribution is 6.30. The molecule has 1 aromatic rings. The topological polar surface area (TPSA) is 58.1 Å². The Morgan fingerprint density at radius 3 is 2.69 bits per heavy atom. The molecule has 0 aliphatic carbocycles. The number of unbranched alkanes of at least 4 members (excludes halogenated alkanes) is 1. The number of benzene rings is 1. The van der Waals surface area contributed by atoms with E-state index in [9.17, 15) is 0 Å². The normalized spacial score (nSPS) is 18.4. The lowest BCUT2D eigenvalue weighted by Gasteiger charge is -2.42. The number of halogens is 1. The largest absolute Gasteiger partial charge is 0.382 e. The van der Waals surface area contributed by atoms with Crippen LogP contribution in [0, 0.1) is 0 Å². The number of nitrogens with zero attached hydrogens (tertiary/aromatic N) is 2. The van der Waals surface area contributed by atoms with E-state index in [-0.39, 0.29) is 11.6 Å². The van der Waals surface area contributed by atoms with Crippen LogP contribution in [-0.4, -0.2) is 69.5 Å². The molecule has 0 bridgehead atoms. The van der Waals surface area contributed by atoms with E-state index in [1.165, 1.54) is 5.56 Å². The number of hydrogen-bond acceptors (Lipinski definition) is 4. The van der Waals surface area contributed by atoms with Crippen LogP contribution >= 0.6 is 11.6 Å². The number of morpholine rings is 1. The van der Waals surface area contributed by atoms with Gasteiger partial charge >= 0.3 is 0 Å². The Bertz CT molecular complexity index is 622. The minimum atomic E-state index is -0.149. The minimum absolute atomic E-state index is 0.149. The monoisotopic (exact) mass is 424 g/mol. The van der Waals surface area contributed by atoms with Gasteiger partial charge in [-0.25, -0.2) is 0 Å². The van der Waals surface area contributed by atoms with Gasteiger partial charge in [-0.05, 0) is 51.3 Å². The zero-order valence-corrected chi connectivity index (χ0v) is 19.1. The molecule has 7 heteroatoms. The molecule has 1 aliphatic rings.